The maximum Gasteiger partial charge on any atom is 0.232 e. The summed E-state index contributed by atoms with van der Waals surface area (Å²) >= 11 is 1.72. The molecule has 8 heteroatoms. The van der Waals surface area contributed by atoms with Crippen molar-refractivity contribution in [1.82, 2.24) is 4.90 Å². The van der Waals surface area contributed by atoms with E-state index >= 15 is 0 Å². The third-order valence-corrected chi connectivity index (χ3v) is 6.79. The summed E-state index contributed by atoms with van der Waals surface area (Å²) in [5.74, 6) is 2.93. The van der Waals surface area contributed by atoms with Gasteiger partial charge in [-0.1, -0.05) is 6.07 Å². The Labute approximate surface area is 202 Å². The zero-order valence-electron chi connectivity index (χ0n) is 19.5. The first kappa shape index (κ1) is 22.3. The zero-order chi connectivity index (χ0) is 23.8. The van der Waals surface area contributed by atoms with Crippen molar-refractivity contribution in [3.05, 3.63) is 68.6 Å². The summed E-state index contributed by atoms with van der Waals surface area (Å²) in [6.45, 7) is 3.82. The highest BCUT2D eigenvalue weighted by atomic mass is 32.1. The molecule has 0 fully saturated rings. The van der Waals surface area contributed by atoms with Gasteiger partial charge in [0.15, 0.2) is 17.3 Å². The van der Waals surface area contributed by atoms with Crippen LogP contribution in [-0.4, -0.2) is 38.7 Å². The molecule has 0 unspecified atom stereocenters. The van der Waals surface area contributed by atoms with E-state index in [4.69, 9.17) is 23.7 Å². The lowest BCUT2D eigenvalue weighted by Crippen LogP contribution is -2.31. The summed E-state index contributed by atoms with van der Waals surface area (Å²) in [6.07, 6.45) is 1.70. The normalized spacial score (nSPS) is 16.0. The number of ether oxygens (including phenoxy) is 5. The number of fused-ring (bicyclic) bond motifs is 3. The van der Waals surface area contributed by atoms with E-state index in [1.807, 2.05) is 19.1 Å². The third-order valence-electron chi connectivity index (χ3n) is 5.93. The van der Waals surface area contributed by atoms with E-state index in [0.717, 1.165) is 23.4 Å². The molecule has 34 heavy (non-hydrogen) atoms. The lowest BCUT2D eigenvalue weighted by atomic mass is 9.98. The largest absolute Gasteiger partial charge is 0.493 e. The van der Waals surface area contributed by atoms with Gasteiger partial charge in [-0.05, 0) is 53.8 Å². The van der Waals surface area contributed by atoms with Crippen molar-refractivity contribution < 1.29 is 28.5 Å². The highest BCUT2D eigenvalue weighted by Crippen LogP contribution is 2.45. The molecule has 3 heterocycles. The molecule has 5 rings (SSSR count). The first-order chi connectivity index (χ1) is 16.5. The Morgan fingerprint density at radius 2 is 1.88 bits per heavy atom. The fraction of sp³-hybridized carbons (Fsp3) is 0.269. The number of carbonyl (C=O) groups is 1. The lowest BCUT2D eigenvalue weighted by Gasteiger charge is -2.29. The monoisotopic (exact) mass is 479 g/mol. The second-order valence-corrected chi connectivity index (χ2v) is 9.14. The second kappa shape index (κ2) is 9.04. The molecule has 0 saturated heterocycles. The number of rotatable bonds is 6. The van der Waals surface area contributed by atoms with Gasteiger partial charge in [-0.25, -0.2) is 0 Å². The Kier molecular flexibility index (Phi) is 5.93. The van der Waals surface area contributed by atoms with Gasteiger partial charge < -0.3 is 23.7 Å². The summed E-state index contributed by atoms with van der Waals surface area (Å²) in [4.78, 5) is 16.8. The van der Waals surface area contributed by atoms with Gasteiger partial charge in [-0.3, -0.25) is 9.69 Å². The van der Waals surface area contributed by atoms with Crippen LogP contribution in [0.25, 0.3) is 6.08 Å². The average Bonchev–Trinajstić information content (AvgIpc) is 3.47. The van der Waals surface area contributed by atoms with E-state index in [2.05, 4.69) is 16.3 Å². The lowest BCUT2D eigenvalue weighted by molar-refractivity contribution is 0.0881. The van der Waals surface area contributed by atoms with Gasteiger partial charge in [0.2, 0.25) is 11.5 Å². The Morgan fingerprint density at radius 3 is 2.53 bits per heavy atom. The van der Waals surface area contributed by atoms with E-state index in [1.165, 1.54) is 4.88 Å². The molecule has 0 atom stereocenters. The number of aryl methyl sites for hydroxylation is 1. The molecule has 2 aliphatic rings. The highest BCUT2D eigenvalue weighted by molar-refractivity contribution is 7.09. The van der Waals surface area contributed by atoms with Gasteiger partial charge in [0, 0.05) is 18.0 Å². The third kappa shape index (κ3) is 3.89. The molecule has 0 radical (unpaired) electrons. The van der Waals surface area contributed by atoms with E-state index in [0.29, 0.717) is 47.4 Å². The molecule has 0 spiro atoms. The number of allylic oxidation sites excluding steroid dienone is 1. The smallest absolute Gasteiger partial charge is 0.232 e. The minimum atomic E-state index is -0.153. The van der Waals surface area contributed by atoms with Crippen molar-refractivity contribution in [1.29, 1.82) is 0 Å². The standard InChI is InChI=1S/C26H25NO6S/c1-15-8-19-18(13-27(14-32-19)12-17-6-5-7-34-17)25-23(15)24(28)20(33-25)9-16-10-21(29-2)26(31-4)22(11-16)30-3/h5-11H,12-14H2,1-4H3/b20-9-. The molecule has 0 saturated carbocycles. The molecule has 3 aromatic rings. The topological polar surface area (TPSA) is 66.5 Å². The van der Waals surface area contributed by atoms with Crippen LogP contribution in [-0.2, 0) is 13.1 Å². The molecule has 1 aromatic heterocycles. The van der Waals surface area contributed by atoms with Crippen LogP contribution in [0.15, 0.2) is 41.5 Å². The Bertz CT molecular complexity index is 1260. The van der Waals surface area contributed by atoms with Gasteiger partial charge >= 0.3 is 0 Å². The molecular formula is C26H25NO6S. The summed E-state index contributed by atoms with van der Waals surface area (Å²) in [5.41, 5.74) is 3.01. The molecule has 0 aliphatic carbocycles. The van der Waals surface area contributed by atoms with Crippen LogP contribution < -0.4 is 23.7 Å². The molecule has 2 aromatic carbocycles. The Hall–Kier alpha value is -3.49. The van der Waals surface area contributed by atoms with Crippen LogP contribution in [0.4, 0.5) is 0 Å². The SMILES string of the molecule is COc1cc(/C=C2\Oc3c4c(cc(C)c3C2=O)OCN(Cc2cccs2)C4)cc(OC)c1OC. The minimum Gasteiger partial charge on any atom is -0.493 e. The van der Waals surface area contributed by atoms with E-state index in [1.54, 1.807) is 50.9 Å². The van der Waals surface area contributed by atoms with Gasteiger partial charge in [0.1, 0.15) is 18.2 Å². The zero-order valence-corrected chi connectivity index (χ0v) is 20.3. The number of carbonyl (C=O) groups excluding carboxylic acids is 1. The fourth-order valence-electron chi connectivity index (χ4n) is 4.34. The molecule has 0 N–H and O–H groups in total. The molecule has 2 aliphatic heterocycles. The van der Waals surface area contributed by atoms with Gasteiger partial charge in [-0.2, -0.15) is 0 Å². The van der Waals surface area contributed by atoms with E-state index in [-0.39, 0.29) is 11.5 Å². The minimum absolute atomic E-state index is 0.153. The van der Waals surface area contributed by atoms with Crippen molar-refractivity contribution in [3.8, 4) is 28.7 Å². The first-order valence-corrected chi connectivity index (χ1v) is 11.7. The number of hydrogen-bond acceptors (Lipinski definition) is 8. The van der Waals surface area contributed by atoms with Crippen LogP contribution in [0.3, 0.4) is 0 Å². The fourth-order valence-corrected chi connectivity index (χ4v) is 5.08. The summed E-state index contributed by atoms with van der Waals surface area (Å²) in [7, 11) is 4.66. The van der Waals surface area contributed by atoms with E-state index < -0.39 is 0 Å². The summed E-state index contributed by atoms with van der Waals surface area (Å²) in [5, 5.41) is 2.07. The van der Waals surface area contributed by atoms with Crippen molar-refractivity contribution >= 4 is 23.2 Å². The molecular weight excluding hydrogens is 454 g/mol. The Morgan fingerprint density at radius 1 is 1.12 bits per heavy atom. The van der Waals surface area contributed by atoms with Crippen molar-refractivity contribution in [2.24, 2.45) is 0 Å². The number of hydrogen-bond donors (Lipinski definition) is 0. The van der Waals surface area contributed by atoms with Gasteiger partial charge in [0.25, 0.3) is 0 Å². The van der Waals surface area contributed by atoms with Gasteiger partial charge in [-0.15, -0.1) is 11.3 Å². The quantitative estimate of drug-likeness (QED) is 0.458. The number of nitrogens with zero attached hydrogens (tertiary/aromatic N) is 1. The summed E-state index contributed by atoms with van der Waals surface area (Å²) < 4.78 is 28.5. The van der Waals surface area contributed by atoms with E-state index in [9.17, 15) is 4.79 Å². The highest BCUT2D eigenvalue weighted by Gasteiger charge is 2.35. The average molecular weight is 480 g/mol. The maximum absolute atomic E-state index is 13.3. The van der Waals surface area contributed by atoms with Crippen LogP contribution in [0, 0.1) is 6.92 Å². The molecule has 0 bridgehead atoms. The number of methoxy groups -OCH3 is 3. The van der Waals surface area contributed by atoms with Crippen LogP contribution >= 0.6 is 11.3 Å². The van der Waals surface area contributed by atoms with Crippen molar-refractivity contribution in [3.63, 3.8) is 0 Å². The molecule has 0 amide bonds. The number of benzene rings is 2. The van der Waals surface area contributed by atoms with Crippen LogP contribution in [0.5, 0.6) is 28.7 Å². The van der Waals surface area contributed by atoms with Crippen molar-refractivity contribution in [2.45, 2.75) is 20.0 Å². The predicted octanol–water partition coefficient (Wildman–Crippen LogP) is 5.05. The second-order valence-electron chi connectivity index (χ2n) is 8.11. The van der Waals surface area contributed by atoms with Crippen LogP contribution in [0.2, 0.25) is 0 Å². The maximum atomic E-state index is 13.3. The molecule has 7 nitrogen and oxygen atoms in total. The van der Waals surface area contributed by atoms with Gasteiger partial charge in [0.05, 0.1) is 32.5 Å². The first-order valence-electron chi connectivity index (χ1n) is 10.8. The summed E-state index contributed by atoms with van der Waals surface area (Å²) in [6, 6.07) is 9.64. The number of ketones is 1. The van der Waals surface area contributed by atoms with Crippen LogP contribution in [0.1, 0.15) is 31.9 Å². The number of thiophene rings is 1. The Balaban J connectivity index is 1.49. The number of Topliss-reactive ketones (excluding diaryl/α,β-unsaturated/α-hetero) is 1. The predicted molar refractivity (Wildman–Crippen MR) is 129 cm³/mol. The molecule has 176 valence electrons. The van der Waals surface area contributed by atoms with Crippen molar-refractivity contribution in [2.75, 3.05) is 28.1 Å².